The number of unbranched alkanes of at least 4 members (excludes halogenated alkanes) is 2. The summed E-state index contributed by atoms with van der Waals surface area (Å²) in [6.45, 7) is 4.91. The lowest BCUT2D eigenvalue weighted by Crippen LogP contribution is -2.01. The molecule has 0 bridgehead atoms. The van der Waals surface area contributed by atoms with Crippen LogP contribution < -0.4 is 0 Å². The van der Waals surface area contributed by atoms with E-state index in [-0.39, 0.29) is 5.97 Å². The molecule has 0 aliphatic heterocycles. The third-order valence-corrected chi connectivity index (χ3v) is 1.66. The van der Waals surface area contributed by atoms with E-state index in [1.165, 1.54) is 6.92 Å². The molecule has 0 aromatic rings. The van der Waals surface area contributed by atoms with Gasteiger partial charge in [-0.25, -0.2) is 9.78 Å². The molecule has 88 valence electrons. The first-order valence-electron chi connectivity index (χ1n) is 5.26. The van der Waals surface area contributed by atoms with E-state index in [4.69, 9.17) is 14.5 Å². The highest BCUT2D eigenvalue weighted by Gasteiger charge is 1.93. The predicted octanol–water partition coefficient (Wildman–Crippen LogP) is 2.24. The van der Waals surface area contributed by atoms with Crippen LogP contribution >= 0.6 is 0 Å². The lowest BCUT2D eigenvalue weighted by molar-refractivity contribution is -0.286. The number of carbonyl (C=O) groups excluding carboxylic acids is 1. The van der Waals surface area contributed by atoms with Crippen molar-refractivity contribution in [1.82, 2.24) is 0 Å². The van der Waals surface area contributed by atoms with Gasteiger partial charge in [0, 0.05) is 6.92 Å². The summed E-state index contributed by atoms with van der Waals surface area (Å²) in [7, 11) is 0. The highest BCUT2D eigenvalue weighted by Crippen LogP contribution is 1.97. The van der Waals surface area contributed by atoms with Crippen LogP contribution in [0.15, 0.2) is 12.2 Å². The summed E-state index contributed by atoms with van der Waals surface area (Å²) < 4.78 is 4.78. The number of rotatable bonds is 9. The lowest BCUT2D eigenvalue weighted by Gasteiger charge is -2.02. The molecule has 0 saturated heterocycles. The molecule has 0 aliphatic carbocycles. The minimum Gasteiger partial charge on any atom is -0.466 e. The smallest absolute Gasteiger partial charge is 0.302 e. The monoisotopic (exact) mass is 216 g/mol. The number of hydrogen-bond acceptors (Lipinski definition) is 4. The van der Waals surface area contributed by atoms with Gasteiger partial charge in [-0.3, -0.25) is 4.79 Å². The third kappa shape index (κ3) is 13.1. The van der Waals surface area contributed by atoms with E-state index in [2.05, 4.69) is 0 Å². The fourth-order valence-electron chi connectivity index (χ4n) is 0.898. The van der Waals surface area contributed by atoms with Gasteiger partial charge in [-0.05, 0) is 26.2 Å². The fourth-order valence-corrected chi connectivity index (χ4v) is 0.898. The molecule has 0 aliphatic rings. The van der Waals surface area contributed by atoms with Crippen molar-refractivity contribution in [3.8, 4) is 0 Å². The molecule has 0 atom stereocenters. The summed E-state index contributed by atoms with van der Waals surface area (Å²) in [4.78, 5) is 20.2. The van der Waals surface area contributed by atoms with E-state index < -0.39 is 0 Å². The molecule has 0 aromatic heterocycles. The quantitative estimate of drug-likeness (QED) is 0.195. The Balaban J connectivity index is 2.95. The molecule has 0 N–H and O–H groups in total. The van der Waals surface area contributed by atoms with Crippen molar-refractivity contribution in [3.05, 3.63) is 12.2 Å². The second kappa shape index (κ2) is 11.2. The summed E-state index contributed by atoms with van der Waals surface area (Å²) in [5, 5.41) is 0. The number of carbonyl (C=O) groups is 1. The van der Waals surface area contributed by atoms with Crippen molar-refractivity contribution >= 4 is 5.97 Å². The van der Waals surface area contributed by atoms with Crippen LogP contribution in [0.5, 0.6) is 0 Å². The van der Waals surface area contributed by atoms with Gasteiger partial charge in [0.1, 0.15) is 6.61 Å². The first-order valence-corrected chi connectivity index (χ1v) is 5.26. The Morgan fingerprint density at radius 1 is 1.13 bits per heavy atom. The summed E-state index contributed by atoms with van der Waals surface area (Å²) in [5.74, 6) is -0.221. The Kier molecular flexibility index (Phi) is 10.6. The maximum atomic E-state index is 10.4. The number of esters is 1. The van der Waals surface area contributed by atoms with Gasteiger partial charge in [0.05, 0.1) is 13.2 Å². The summed E-state index contributed by atoms with van der Waals surface area (Å²) in [5.41, 5.74) is 0. The topological polar surface area (TPSA) is 44.8 Å². The average Bonchev–Trinajstić information content (AvgIpc) is 2.20. The van der Waals surface area contributed by atoms with Crippen LogP contribution in [0.3, 0.4) is 0 Å². The molecule has 0 unspecified atom stereocenters. The van der Waals surface area contributed by atoms with Gasteiger partial charge in [0.2, 0.25) is 0 Å². The first kappa shape index (κ1) is 14.1. The molecule has 0 saturated carbocycles. The molecule has 0 spiro atoms. The Labute approximate surface area is 91.1 Å². The minimum atomic E-state index is -0.221. The van der Waals surface area contributed by atoms with E-state index in [1.807, 2.05) is 19.1 Å². The molecule has 15 heavy (non-hydrogen) atoms. The Morgan fingerprint density at radius 2 is 1.87 bits per heavy atom. The van der Waals surface area contributed by atoms with E-state index in [0.29, 0.717) is 19.8 Å². The molecule has 4 nitrogen and oxygen atoms in total. The number of allylic oxidation sites excluding steroid dienone is 1. The van der Waals surface area contributed by atoms with Gasteiger partial charge in [0.15, 0.2) is 0 Å². The van der Waals surface area contributed by atoms with Crippen molar-refractivity contribution in [1.29, 1.82) is 0 Å². The van der Waals surface area contributed by atoms with Crippen LogP contribution in [0.1, 0.15) is 33.1 Å². The van der Waals surface area contributed by atoms with Gasteiger partial charge in [-0.15, -0.1) is 0 Å². The molecule has 0 amide bonds. The zero-order chi connectivity index (χ0) is 11.4. The molecular weight excluding hydrogens is 196 g/mol. The maximum Gasteiger partial charge on any atom is 0.302 e. The van der Waals surface area contributed by atoms with Gasteiger partial charge in [-0.2, -0.15) is 0 Å². The highest BCUT2D eigenvalue weighted by atomic mass is 17.2. The van der Waals surface area contributed by atoms with Crippen LogP contribution in [0.4, 0.5) is 0 Å². The van der Waals surface area contributed by atoms with Gasteiger partial charge >= 0.3 is 5.97 Å². The SMILES string of the molecule is CC=CCOOCCCCCOC(C)=O. The first-order chi connectivity index (χ1) is 7.27. The maximum absolute atomic E-state index is 10.4. The van der Waals surface area contributed by atoms with Crippen LogP contribution in [-0.4, -0.2) is 25.8 Å². The summed E-state index contributed by atoms with van der Waals surface area (Å²) in [6.07, 6.45) is 6.54. The van der Waals surface area contributed by atoms with E-state index in [0.717, 1.165) is 19.3 Å². The van der Waals surface area contributed by atoms with Crippen LogP contribution in [0, 0.1) is 0 Å². The Bertz CT molecular complexity index is 177. The summed E-state index contributed by atoms with van der Waals surface area (Å²) in [6, 6.07) is 0. The van der Waals surface area contributed by atoms with Crippen molar-refractivity contribution < 1.29 is 19.3 Å². The van der Waals surface area contributed by atoms with Crippen molar-refractivity contribution in [2.75, 3.05) is 19.8 Å². The molecule has 0 rings (SSSR count). The van der Waals surface area contributed by atoms with Gasteiger partial charge < -0.3 is 4.74 Å². The van der Waals surface area contributed by atoms with Gasteiger partial charge in [0.25, 0.3) is 0 Å². The highest BCUT2D eigenvalue weighted by molar-refractivity contribution is 5.65. The summed E-state index contributed by atoms with van der Waals surface area (Å²) >= 11 is 0. The number of hydrogen-bond donors (Lipinski definition) is 0. The van der Waals surface area contributed by atoms with Crippen molar-refractivity contribution in [3.63, 3.8) is 0 Å². The molecular formula is C11H20O4. The standard InChI is InChI=1S/C11H20O4/c1-3-4-9-14-15-10-7-5-6-8-13-11(2)12/h3-4H,5-10H2,1-2H3. The van der Waals surface area contributed by atoms with Crippen LogP contribution in [0.2, 0.25) is 0 Å². The normalized spacial score (nSPS) is 10.8. The van der Waals surface area contributed by atoms with Crippen LogP contribution in [0.25, 0.3) is 0 Å². The fraction of sp³-hybridized carbons (Fsp3) is 0.727. The number of ether oxygens (including phenoxy) is 1. The average molecular weight is 216 g/mol. The minimum absolute atomic E-state index is 0.221. The molecule has 4 heteroatoms. The Morgan fingerprint density at radius 3 is 2.53 bits per heavy atom. The Hall–Kier alpha value is -0.870. The van der Waals surface area contributed by atoms with E-state index in [9.17, 15) is 4.79 Å². The second-order valence-corrected chi connectivity index (χ2v) is 3.08. The van der Waals surface area contributed by atoms with E-state index in [1.54, 1.807) is 0 Å². The lowest BCUT2D eigenvalue weighted by atomic mass is 10.2. The molecule has 0 fully saturated rings. The molecule has 0 radical (unpaired) electrons. The molecule has 0 aromatic carbocycles. The van der Waals surface area contributed by atoms with Gasteiger partial charge in [-0.1, -0.05) is 12.2 Å². The zero-order valence-corrected chi connectivity index (χ0v) is 9.53. The molecule has 0 heterocycles. The van der Waals surface area contributed by atoms with Crippen molar-refractivity contribution in [2.24, 2.45) is 0 Å². The van der Waals surface area contributed by atoms with Crippen molar-refractivity contribution in [2.45, 2.75) is 33.1 Å². The zero-order valence-electron chi connectivity index (χ0n) is 9.53. The largest absolute Gasteiger partial charge is 0.466 e. The third-order valence-electron chi connectivity index (χ3n) is 1.66. The second-order valence-electron chi connectivity index (χ2n) is 3.08. The van der Waals surface area contributed by atoms with E-state index >= 15 is 0 Å². The van der Waals surface area contributed by atoms with Crippen LogP contribution in [-0.2, 0) is 19.3 Å². The predicted molar refractivity (Wildman–Crippen MR) is 57.2 cm³/mol.